The fourth-order valence-corrected chi connectivity index (χ4v) is 3.44. The van der Waals surface area contributed by atoms with Gasteiger partial charge in [-0.3, -0.25) is 9.59 Å². The Kier molecular flexibility index (Phi) is 21.7. The first kappa shape index (κ1) is 29.3. The highest BCUT2D eigenvalue weighted by Gasteiger charge is 2.20. The van der Waals surface area contributed by atoms with Gasteiger partial charge in [-0.2, -0.15) is 0 Å². The van der Waals surface area contributed by atoms with Crippen molar-refractivity contribution < 1.29 is 19.1 Å². The van der Waals surface area contributed by atoms with E-state index >= 15 is 0 Å². The summed E-state index contributed by atoms with van der Waals surface area (Å²) in [5, 5.41) is 0. The van der Waals surface area contributed by atoms with Crippen molar-refractivity contribution in [3.8, 4) is 0 Å². The van der Waals surface area contributed by atoms with Crippen LogP contribution in [0.4, 0.5) is 0 Å². The van der Waals surface area contributed by atoms with Crippen LogP contribution in [0, 0.1) is 5.92 Å². The molecule has 2 aliphatic rings. The first-order valence-corrected chi connectivity index (χ1v) is 11.5. The van der Waals surface area contributed by atoms with Crippen molar-refractivity contribution in [2.24, 2.45) is 11.7 Å². The minimum Gasteiger partial charge on any atom is -0.381 e. The summed E-state index contributed by atoms with van der Waals surface area (Å²) in [4.78, 5) is 21.3. The molecule has 2 saturated carbocycles. The second kappa shape index (κ2) is 20.8. The molecule has 0 aromatic carbocycles. The molecule has 2 fully saturated rings. The Bertz CT molecular complexity index is 360. The summed E-state index contributed by atoms with van der Waals surface area (Å²) in [7, 11) is 1.76. The Morgan fingerprint density at radius 2 is 1.36 bits per heavy atom. The van der Waals surface area contributed by atoms with Crippen molar-refractivity contribution >= 4 is 11.7 Å². The Labute approximate surface area is 174 Å². The summed E-state index contributed by atoms with van der Waals surface area (Å²) < 4.78 is 10.9. The Morgan fingerprint density at radius 1 is 0.857 bits per heavy atom. The predicted molar refractivity (Wildman–Crippen MR) is 117 cm³/mol. The van der Waals surface area contributed by atoms with Crippen molar-refractivity contribution in [3.63, 3.8) is 0 Å². The maximum Gasteiger partial charge on any atom is 0.217 e. The van der Waals surface area contributed by atoms with E-state index in [1.165, 1.54) is 19.3 Å². The Morgan fingerprint density at radius 3 is 1.75 bits per heavy atom. The van der Waals surface area contributed by atoms with E-state index in [1.54, 1.807) is 14.0 Å². The second-order valence-electron chi connectivity index (χ2n) is 7.02. The van der Waals surface area contributed by atoms with Gasteiger partial charge in [-0.25, -0.2) is 0 Å². The monoisotopic (exact) mass is 401 g/mol. The van der Waals surface area contributed by atoms with Crippen LogP contribution >= 0.6 is 0 Å². The zero-order valence-electron chi connectivity index (χ0n) is 19.4. The smallest absolute Gasteiger partial charge is 0.217 e. The molecule has 2 rings (SSSR count). The predicted octanol–water partition coefficient (Wildman–Crippen LogP) is 5.43. The minimum absolute atomic E-state index is 0.248. The molecule has 2 aliphatic carbocycles. The molecule has 0 spiro atoms. The number of amides is 1. The molecule has 0 aromatic heterocycles. The fourth-order valence-electron chi connectivity index (χ4n) is 3.44. The lowest BCUT2D eigenvalue weighted by Gasteiger charge is -2.27. The Balaban J connectivity index is 0. The standard InChI is InChI=1S/C11H21NO3.C8H14O.2C2H6/c1-14-9-4-6-10(7-5-9)15-8-2-3-11(12)13;1-7(9)8-5-3-2-4-6-8;2*1-2/h9-10H,2-8H2,1H3,(H2,12,13);8H,2-6H2,1H3;2*1-2H3. The van der Waals surface area contributed by atoms with Gasteiger partial charge in [-0.1, -0.05) is 47.0 Å². The van der Waals surface area contributed by atoms with Gasteiger partial charge in [0.2, 0.25) is 5.91 Å². The lowest BCUT2D eigenvalue weighted by molar-refractivity contribution is -0.121. The molecule has 0 saturated heterocycles. The molecule has 0 radical (unpaired) electrons. The highest BCUT2D eigenvalue weighted by atomic mass is 16.5. The molecule has 0 unspecified atom stereocenters. The zero-order chi connectivity index (χ0) is 21.8. The van der Waals surface area contributed by atoms with Gasteiger partial charge in [0.1, 0.15) is 5.78 Å². The SMILES string of the molecule is CC.CC.CC(=O)C1CCCCC1.COC1CCC(OCCCC(N)=O)CC1. The molecular weight excluding hydrogens is 354 g/mol. The normalized spacial score (nSPS) is 21.6. The molecule has 28 heavy (non-hydrogen) atoms. The third-order valence-corrected chi connectivity index (χ3v) is 5.06. The number of methoxy groups -OCH3 is 1. The van der Waals surface area contributed by atoms with E-state index in [9.17, 15) is 9.59 Å². The number of Topliss-reactive ketones (excluding diaryl/α,β-unsaturated/α-hetero) is 1. The highest BCUT2D eigenvalue weighted by molar-refractivity contribution is 5.78. The summed E-state index contributed by atoms with van der Waals surface area (Å²) in [5.74, 6) is 0.565. The number of rotatable bonds is 7. The summed E-state index contributed by atoms with van der Waals surface area (Å²) >= 11 is 0. The van der Waals surface area contributed by atoms with E-state index in [2.05, 4.69) is 0 Å². The molecule has 0 heterocycles. The van der Waals surface area contributed by atoms with Crippen LogP contribution in [0.15, 0.2) is 0 Å². The van der Waals surface area contributed by atoms with Gasteiger partial charge in [0, 0.05) is 26.1 Å². The van der Waals surface area contributed by atoms with Crippen LogP contribution in [0.3, 0.4) is 0 Å². The first-order chi connectivity index (χ1) is 13.5. The lowest BCUT2D eigenvalue weighted by atomic mass is 9.87. The van der Waals surface area contributed by atoms with Crippen molar-refractivity contribution in [3.05, 3.63) is 0 Å². The summed E-state index contributed by atoms with van der Waals surface area (Å²) in [6.45, 7) is 10.4. The molecule has 1 amide bonds. The Hall–Kier alpha value is -0.940. The van der Waals surface area contributed by atoms with Crippen LogP contribution in [0.5, 0.6) is 0 Å². The van der Waals surface area contributed by atoms with Gasteiger partial charge in [0.15, 0.2) is 0 Å². The summed E-state index contributed by atoms with van der Waals surface area (Å²) in [5.41, 5.74) is 5.04. The van der Waals surface area contributed by atoms with Crippen LogP contribution in [0.1, 0.15) is 105 Å². The molecule has 0 bridgehead atoms. The topological polar surface area (TPSA) is 78.6 Å². The van der Waals surface area contributed by atoms with Gasteiger partial charge in [-0.05, 0) is 51.9 Å². The van der Waals surface area contributed by atoms with Gasteiger partial charge >= 0.3 is 0 Å². The maximum atomic E-state index is 10.8. The van der Waals surface area contributed by atoms with Crippen molar-refractivity contribution in [2.75, 3.05) is 13.7 Å². The van der Waals surface area contributed by atoms with Crippen LogP contribution in [0.2, 0.25) is 0 Å². The van der Waals surface area contributed by atoms with E-state index in [0.717, 1.165) is 44.9 Å². The third-order valence-electron chi connectivity index (χ3n) is 5.06. The molecule has 0 aliphatic heterocycles. The average Bonchev–Trinajstić information content (AvgIpc) is 2.75. The second-order valence-corrected chi connectivity index (χ2v) is 7.02. The first-order valence-electron chi connectivity index (χ1n) is 11.5. The van der Waals surface area contributed by atoms with Gasteiger partial charge in [-0.15, -0.1) is 0 Å². The maximum absolute atomic E-state index is 10.8. The molecular formula is C23H47NO4. The quantitative estimate of drug-likeness (QED) is 0.577. The molecule has 168 valence electrons. The minimum atomic E-state index is -0.248. The number of hydrogen-bond acceptors (Lipinski definition) is 4. The number of nitrogens with two attached hydrogens (primary N) is 1. The molecule has 0 atom stereocenters. The number of primary amides is 1. The molecule has 2 N–H and O–H groups in total. The lowest BCUT2D eigenvalue weighted by Crippen LogP contribution is -2.26. The van der Waals surface area contributed by atoms with E-state index < -0.39 is 0 Å². The van der Waals surface area contributed by atoms with E-state index in [1.807, 2.05) is 27.7 Å². The fraction of sp³-hybridized carbons (Fsp3) is 0.913. The van der Waals surface area contributed by atoms with Crippen molar-refractivity contribution in [1.82, 2.24) is 0 Å². The van der Waals surface area contributed by atoms with Gasteiger partial charge in [0.05, 0.1) is 12.2 Å². The number of hydrogen-bond donors (Lipinski definition) is 1. The number of ketones is 1. The van der Waals surface area contributed by atoms with Crippen LogP contribution in [-0.2, 0) is 19.1 Å². The highest BCUT2D eigenvalue weighted by Crippen LogP contribution is 2.24. The zero-order valence-corrected chi connectivity index (χ0v) is 19.4. The molecule has 5 heteroatoms. The number of ether oxygens (including phenoxy) is 2. The van der Waals surface area contributed by atoms with Gasteiger partial charge < -0.3 is 15.2 Å². The number of carbonyl (C=O) groups excluding carboxylic acids is 2. The van der Waals surface area contributed by atoms with Crippen molar-refractivity contribution in [1.29, 1.82) is 0 Å². The van der Waals surface area contributed by atoms with E-state index in [4.69, 9.17) is 15.2 Å². The average molecular weight is 402 g/mol. The summed E-state index contributed by atoms with van der Waals surface area (Å²) in [6.07, 6.45) is 12.4. The van der Waals surface area contributed by atoms with Crippen LogP contribution < -0.4 is 5.73 Å². The van der Waals surface area contributed by atoms with Gasteiger partial charge in [0.25, 0.3) is 0 Å². The summed E-state index contributed by atoms with van der Waals surface area (Å²) in [6, 6.07) is 0. The van der Waals surface area contributed by atoms with Crippen molar-refractivity contribution in [2.45, 2.75) is 117 Å². The molecule has 5 nitrogen and oxygen atoms in total. The third kappa shape index (κ3) is 16.1. The van der Waals surface area contributed by atoms with Crippen LogP contribution in [-0.4, -0.2) is 37.6 Å². The largest absolute Gasteiger partial charge is 0.381 e. The van der Waals surface area contributed by atoms with E-state index in [0.29, 0.717) is 36.9 Å². The van der Waals surface area contributed by atoms with E-state index in [-0.39, 0.29) is 5.91 Å². The molecule has 0 aromatic rings. The van der Waals surface area contributed by atoms with Crippen LogP contribution in [0.25, 0.3) is 0 Å². The number of carbonyl (C=O) groups is 2.